The summed E-state index contributed by atoms with van der Waals surface area (Å²) in [6.45, 7) is 0.965. The Labute approximate surface area is 183 Å². The van der Waals surface area contributed by atoms with Gasteiger partial charge >= 0.3 is 5.97 Å². The number of hydrogen-bond donors (Lipinski definition) is 2. The molecule has 6 nitrogen and oxygen atoms in total. The summed E-state index contributed by atoms with van der Waals surface area (Å²) in [5.74, 6) is -1.05. The number of rotatable bonds is 3. The molecule has 0 aliphatic carbocycles. The van der Waals surface area contributed by atoms with Crippen LogP contribution >= 0.6 is 11.6 Å². The van der Waals surface area contributed by atoms with Crippen LogP contribution in [0.2, 0.25) is 5.02 Å². The van der Waals surface area contributed by atoms with Gasteiger partial charge in [-0.05, 0) is 42.3 Å². The minimum atomic E-state index is -0.521. The van der Waals surface area contributed by atoms with E-state index in [1.807, 2.05) is 23.1 Å². The highest BCUT2D eigenvalue weighted by molar-refractivity contribution is 6.31. The number of nitrogens with zero attached hydrogens (tertiary/aromatic N) is 1. The Balaban J connectivity index is 1.68. The molecule has 0 amide bonds. The molecule has 2 aliphatic heterocycles. The van der Waals surface area contributed by atoms with Crippen molar-refractivity contribution in [3.05, 3.63) is 81.5 Å². The fourth-order valence-corrected chi connectivity index (χ4v) is 4.57. The molecule has 31 heavy (non-hydrogen) atoms. The highest BCUT2D eigenvalue weighted by Crippen LogP contribution is 2.39. The topological polar surface area (TPSA) is 82.6 Å². The van der Waals surface area contributed by atoms with Crippen LogP contribution in [0.15, 0.2) is 59.7 Å². The molecule has 0 saturated carbocycles. The molecule has 2 N–H and O–H groups in total. The third-order valence-electron chi connectivity index (χ3n) is 5.83. The Morgan fingerprint density at radius 3 is 2.81 bits per heavy atom. The van der Waals surface area contributed by atoms with E-state index < -0.39 is 5.97 Å². The van der Waals surface area contributed by atoms with Crippen LogP contribution in [0.4, 0.5) is 0 Å². The predicted molar refractivity (Wildman–Crippen MR) is 118 cm³/mol. The number of halogens is 1. The van der Waals surface area contributed by atoms with Crippen LogP contribution in [0.3, 0.4) is 0 Å². The van der Waals surface area contributed by atoms with Gasteiger partial charge in [-0.2, -0.15) is 0 Å². The van der Waals surface area contributed by atoms with Crippen molar-refractivity contribution in [2.45, 2.75) is 6.42 Å². The molecule has 156 valence electrons. The standard InChI is InChI=1S/C24H19ClN2O4/c1-31-24(30)18-10-13(23(29)17-11-14(25)6-7-20(17)28)12-27-9-8-16-15-4-2-3-5-19(15)26-21(16)22(18)27/h2-7,10-11,26,28H,8-9,12H2,1H3. The van der Waals surface area contributed by atoms with Crippen LogP contribution in [-0.2, 0) is 16.0 Å². The van der Waals surface area contributed by atoms with Crippen LogP contribution in [0.1, 0.15) is 21.6 Å². The molecule has 3 heterocycles. The van der Waals surface area contributed by atoms with Gasteiger partial charge in [0.25, 0.3) is 0 Å². The van der Waals surface area contributed by atoms with Crippen molar-refractivity contribution in [1.82, 2.24) is 9.88 Å². The number of Topliss-reactive ketones (excluding diaryl/α,β-unsaturated/α-hetero) is 1. The molecule has 1 aromatic heterocycles. The average molecular weight is 435 g/mol. The monoisotopic (exact) mass is 434 g/mol. The van der Waals surface area contributed by atoms with Crippen LogP contribution < -0.4 is 0 Å². The van der Waals surface area contributed by atoms with Crippen LogP contribution in [0, 0.1) is 0 Å². The van der Waals surface area contributed by atoms with Gasteiger partial charge in [-0.1, -0.05) is 29.8 Å². The van der Waals surface area contributed by atoms with Crippen LogP contribution in [-0.4, -0.2) is 46.9 Å². The summed E-state index contributed by atoms with van der Waals surface area (Å²) in [6, 6.07) is 12.4. The van der Waals surface area contributed by atoms with E-state index in [2.05, 4.69) is 11.1 Å². The summed E-state index contributed by atoms with van der Waals surface area (Å²) in [5, 5.41) is 11.6. The number of aromatic nitrogens is 1. The Bertz CT molecular complexity index is 1320. The highest BCUT2D eigenvalue weighted by atomic mass is 35.5. The Kier molecular flexibility index (Phi) is 4.59. The molecule has 3 aromatic rings. The summed E-state index contributed by atoms with van der Waals surface area (Å²) < 4.78 is 5.04. The van der Waals surface area contributed by atoms with E-state index in [0.717, 1.165) is 34.3 Å². The van der Waals surface area contributed by atoms with Crippen molar-refractivity contribution in [2.24, 2.45) is 0 Å². The van der Waals surface area contributed by atoms with E-state index in [1.54, 1.807) is 6.08 Å². The van der Waals surface area contributed by atoms with Crippen molar-refractivity contribution in [2.75, 3.05) is 20.2 Å². The molecule has 7 heteroatoms. The van der Waals surface area contributed by atoms with Crippen molar-refractivity contribution in [1.29, 1.82) is 0 Å². The summed E-state index contributed by atoms with van der Waals surface area (Å²) in [4.78, 5) is 31.4. The molecule has 0 saturated heterocycles. The zero-order valence-electron chi connectivity index (χ0n) is 16.7. The lowest BCUT2D eigenvalue weighted by Gasteiger charge is -2.36. The number of H-pyrrole nitrogens is 1. The number of para-hydroxylation sites is 1. The van der Waals surface area contributed by atoms with Gasteiger partial charge in [0.2, 0.25) is 0 Å². The van der Waals surface area contributed by atoms with Gasteiger partial charge in [-0.15, -0.1) is 0 Å². The predicted octanol–water partition coefficient (Wildman–Crippen LogP) is 4.09. The number of carbonyl (C=O) groups excluding carboxylic acids is 2. The van der Waals surface area contributed by atoms with E-state index in [1.165, 1.54) is 25.3 Å². The van der Waals surface area contributed by atoms with Crippen molar-refractivity contribution >= 4 is 40.0 Å². The largest absolute Gasteiger partial charge is 0.507 e. The fraction of sp³-hybridized carbons (Fsp3) is 0.167. The Morgan fingerprint density at radius 1 is 1.19 bits per heavy atom. The molecule has 5 rings (SSSR count). The average Bonchev–Trinajstić information content (AvgIpc) is 3.17. The minimum absolute atomic E-state index is 0.106. The number of esters is 1. The molecule has 0 unspecified atom stereocenters. The number of carbonyl (C=O) groups is 2. The summed E-state index contributed by atoms with van der Waals surface area (Å²) in [7, 11) is 1.32. The molecule has 0 bridgehead atoms. The maximum absolute atomic E-state index is 13.2. The van der Waals surface area contributed by atoms with E-state index in [4.69, 9.17) is 16.3 Å². The first-order chi connectivity index (χ1) is 15.0. The highest BCUT2D eigenvalue weighted by Gasteiger charge is 2.34. The van der Waals surface area contributed by atoms with Crippen LogP contribution in [0.5, 0.6) is 5.75 Å². The number of ether oxygens (including phenoxy) is 1. The molecule has 0 spiro atoms. The lowest BCUT2D eigenvalue weighted by molar-refractivity contribution is -0.135. The van der Waals surface area contributed by atoms with Gasteiger partial charge in [-0.25, -0.2) is 4.79 Å². The number of phenolic OH excluding ortho intramolecular Hbond substituents is 1. The van der Waals surface area contributed by atoms with Crippen molar-refractivity contribution < 1.29 is 19.4 Å². The zero-order chi connectivity index (χ0) is 21.7. The number of methoxy groups -OCH3 is 1. The van der Waals surface area contributed by atoms with Gasteiger partial charge in [0, 0.05) is 34.6 Å². The van der Waals surface area contributed by atoms with Crippen LogP contribution in [0.25, 0.3) is 16.6 Å². The first kappa shape index (κ1) is 19.5. The molecule has 2 aromatic carbocycles. The maximum Gasteiger partial charge on any atom is 0.340 e. The number of nitrogens with one attached hydrogen (secondary N) is 1. The Morgan fingerprint density at radius 2 is 2.00 bits per heavy atom. The SMILES string of the molecule is COC(=O)C1=C2c3[nH]c4ccccc4c3CCN2CC(C(=O)c2cc(Cl)ccc2O)=C1. The van der Waals surface area contributed by atoms with Gasteiger partial charge < -0.3 is 19.7 Å². The van der Waals surface area contributed by atoms with Gasteiger partial charge in [-0.3, -0.25) is 4.79 Å². The second-order valence-electron chi connectivity index (χ2n) is 7.61. The van der Waals surface area contributed by atoms with Crippen molar-refractivity contribution in [3.8, 4) is 5.75 Å². The quantitative estimate of drug-likeness (QED) is 0.479. The smallest absolute Gasteiger partial charge is 0.340 e. The van der Waals surface area contributed by atoms with E-state index in [-0.39, 0.29) is 17.1 Å². The first-order valence-corrected chi connectivity index (χ1v) is 10.3. The molecular weight excluding hydrogens is 416 g/mol. The molecule has 0 atom stereocenters. The lowest BCUT2D eigenvalue weighted by atomic mass is 9.90. The molecule has 0 fully saturated rings. The van der Waals surface area contributed by atoms with E-state index in [0.29, 0.717) is 29.3 Å². The number of aromatic hydroxyl groups is 1. The summed E-state index contributed by atoms with van der Waals surface area (Å²) in [5.41, 5.74) is 4.57. The van der Waals surface area contributed by atoms with Gasteiger partial charge in [0.05, 0.1) is 29.6 Å². The third-order valence-corrected chi connectivity index (χ3v) is 6.07. The number of phenols is 1. The number of benzene rings is 2. The molecular formula is C24H19ClN2O4. The molecule has 2 aliphatic rings. The Hall–Kier alpha value is -3.51. The number of fused-ring (bicyclic) bond motifs is 5. The number of hydrogen-bond acceptors (Lipinski definition) is 5. The minimum Gasteiger partial charge on any atom is -0.507 e. The zero-order valence-corrected chi connectivity index (χ0v) is 17.5. The fourth-order valence-electron chi connectivity index (χ4n) is 4.40. The third kappa shape index (κ3) is 3.11. The second-order valence-corrected chi connectivity index (χ2v) is 8.05. The maximum atomic E-state index is 13.2. The van der Waals surface area contributed by atoms with Gasteiger partial charge in [0.15, 0.2) is 5.78 Å². The second kappa shape index (κ2) is 7.32. The van der Waals surface area contributed by atoms with Crippen molar-refractivity contribution in [3.63, 3.8) is 0 Å². The summed E-state index contributed by atoms with van der Waals surface area (Å²) in [6.07, 6.45) is 2.35. The number of aromatic amines is 1. The van der Waals surface area contributed by atoms with E-state index >= 15 is 0 Å². The summed E-state index contributed by atoms with van der Waals surface area (Å²) >= 11 is 6.03. The molecule has 0 radical (unpaired) electrons. The lowest BCUT2D eigenvalue weighted by Crippen LogP contribution is -2.37. The normalized spacial score (nSPS) is 15.4. The van der Waals surface area contributed by atoms with Gasteiger partial charge in [0.1, 0.15) is 5.75 Å². The first-order valence-electron chi connectivity index (χ1n) is 9.89. The van der Waals surface area contributed by atoms with E-state index in [9.17, 15) is 14.7 Å². The number of ketones is 1.